The number of carboxylic acid groups (broad SMARTS) is 1. The normalized spacial score (nSPS) is 11.2. The first-order chi connectivity index (χ1) is 11.4. The van der Waals surface area contributed by atoms with Crippen LogP contribution in [0.4, 0.5) is 0 Å². The molecule has 0 unspecified atom stereocenters. The topological polar surface area (TPSA) is 94.8 Å². The fraction of sp³-hybridized carbons (Fsp3) is 0.222. The molecule has 5 nitrogen and oxygen atoms in total. The Balaban J connectivity index is 2.07. The zero-order valence-electron chi connectivity index (χ0n) is 13.1. The van der Waals surface area contributed by atoms with Gasteiger partial charge in [0, 0.05) is 6.42 Å². The summed E-state index contributed by atoms with van der Waals surface area (Å²) in [5.41, 5.74) is 3.01. The average molecular weight is 347 g/mol. The zero-order chi connectivity index (χ0) is 17.6. The molecule has 0 saturated heterocycles. The van der Waals surface area contributed by atoms with E-state index in [9.17, 15) is 19.4 Å². The SMILES string of the molecule is O=C(O)CC(=O)C[P+](O)(O)CCc1ccccc1-c1ccccc1. The molecule has 2 aromatic carbocycles. The molecule has 0 fully saturated rings. The Morgan fingerprint density at radius 3 is 2.21 bits per heavy atom. The van der Waals surface area contributed by atoms with Gasteiger partial charge in [-0.05, 0) is 16.7 Å². The van der Waals surface area contributed by atoms with E-state index in [-0.39, 0.29) is 6.16 Å². The highest BCUT2D eigenvalue weighted by Crippen LogP contribution is 2.50. The van der Waals surface area contributed by atoms with Crippen LogP contribution in [0.5, 0.6) is 0 Å². The van der Waals surface area contributed by atoms with Gasteiger partial charge in [0.15, 0.2) is 11.9 Å². The molecule has 0 aliphatic carbocycles. The largest absolute Gasteiger partial charge is 0.481 e. The van der Waals surface area contributed by atoms with Gasteiger partial charge in [0.25, 0.3) is 7.72 Å². The van der Waals surface area contributed by atoms with Crippen molar-refractivity contribution in [2.45, 2.75) is 12.8 Å². The molecule has 0 aliphatic heterocycles. The predicted molar refractivity (Wildman–Crippen MR) is 93.9 cm³/mol. The molecule has 0 spiro atoms. The molecule has 0 saturated carbocycles. The minimum absolute atomic E-state index is 0.0577. The van der Waals surface area contributed by atoms with Crippen molar-refractivity contribution in [3.8, 4) is 11.1 Å². The van der Waals surface area contributed by atoms with Crippen molar-refractivity contribution < 1.29 is 24.5 Å². The van der Waals surface area contributed by atoms with Gasteiger partial charge in [-0.1, -0.05) is 54.6 Å². The molecule has 2 rings (SSSR count). The first-order valence-corrected chi connectivity index (χ1v) is 9.63. The summed E-state index contributed by atoms with van der Waals surface area (Å²) in [7, 11) is -3.44. The number of hydrogen-bond donors (Lipinski definition) is 3. The molecule has 0 atom stereocenters. The molecule has 0 radical (unpaired) electrons. The zero-order valence-corrected chi connectivity index (χ0v) is 14.0. The van der Waals surface area contributed by atoms with Gasteiger partial charge in [-0.2, -0.15) is 0 Å². The van der Waals surface area contributed by atoms with Crippen LogP contribution in [0.1, 0.15) is 12.0 Å². The molecule has 126 valence electrons. The first kappa shape index (κ1) is 18.3. The third-order valence-corrected chi connectivity index (χ3v) is 5.42. The number of carbonyl (C=O) groups excluding carboxylic acids is 1. The van der Waals surface area contributed by atoms with E-state index in [1.807, 2.05) is 54.6 Å². The van der Waals surface area contributed by atoms with E-state index in [4.69, 9.17) is 5.11 Å². The maximum atomic E-state index is 11.5. The summed E-state index contributed by atoms with van der Waals surface area (Å²) in [6.45, 7) is 0. The molecule has 0 amide bonds. The molecule has 2 aromatic rings. The molecule has 0 aliphatic rings. The minimum Gasteiger partial charge on any atom is -0.481 e. The second-order valence-electron chi connectivity index (χ2n) is 5.64. The van der Waals surface area contributed by atoms with Crippen molar-refractivity contribution in [1.82, 2.24) is 0 Å². The number of aliphatic carboxylic acids is 1. The molecule has 3 N–H and O–H groups in total. The van der Waals surface area contributed by atoms with Gasteiger partial charge in [-0.15, -0.1) is 0 Å². The van der Waals surface area contributed by atoms with E-state index in [1.165, 1.54) is 0 Å². The van der Waals surface area contributed by atoms with E-state index < -0.39 is 32.1 Å². The van der Waals surface area contributed by atoms with Crippen molar-refractivity contribution in [3.63, 3.8) is 0 Å². The highest BCUT2D eigenvalue weighted by atomic mass is 31.2. The van der Waals surface area contributed by atoms with Gasteiger partial charge in [-0.3, -0.25) is 9.59 Å². The number of carboxylic acids is 1. The van der Waals surface area contributed by atoms with Crippen LogP contribution in [0.2, 0.25) is 0 Å². The van der Waals surface area contributed by atoms with Crippen molar-refractivity contribution in [1.29, 1.82) is 0 Å². The predicted octanol–water partition coefficient (Wildman–Crippen LogP) is 2.77. The van der Waals surface area contributed by atoms with Crippen LogP contribution in [0.15, 0.2) is 54.6 Å². The van der Waals surface area contributed by atoms with Crippen LogP contribution in [0.3, 0.4) is 0 Å². The summed E-state index contributed by atoms with van der Waals surface area (Å²) >= 11 is 0. The third-order valence-electron chi connectivity index (χ3n) is 3.62. The summed E-state index contributed by atoms with van der Waals surface area (Å²) in [6, 6.07) is 17.5. The van der Waals surface area contributed by atoms with E-state index in [0.717, 1.165) is 16.7 Å². The Kier molecular flexibility index (Phi) is 6.21. The summed E-state index contributed by atoms with van der Waals surface area (Å²) in [4.78, 5) is 42.1. The van der Waals surface area contributed by atoms with Crippen LogP contribution in [0.25, 0.3) is 11.1 Å². The Morgan fingerprint density at radius 1 is 0.917 bits per heavy atom. The molecular formula is C18H20O5P+. The van der Waals surface area contributed by atoms with E-state index in [2.05, 4.69) is 0 Å². The summed E-state index contributed by atoms with van der Waals surface area (Å²) in [6.07, 6.45) is -0.690. The number of ketones is 1. The van der Waals surface area contributed by atoms with Crippen molar-refractivity contribution in [3.05, 3.63) is 60.2 Å². The van der Waals surface area contributed by atoms with Gasteiger partial charge in [-0.25, -0.2) is 9.79 Å². The highest BCUT2D eigenvalue weighted by Gasteiger charge is 2.36. The van der Waals surface area contributed by atoms with Crippen LogP contribution in [-0.4, -0.2) is 39.0 Å². The Morgan fingerprint density at radius 2 is 1.54 bits per heavy atom. The third kappa shape index (κ3) is 5.53. The Bertz CT molecular complexity index is 712. The lowest BCUT2D eigenvalue weighted by Crippen LogP contribution is -2.16. The number of Topliss-reactive ketones (excluding diaryl/α,β-unsaturated/α-hetero) is 1. The number of benzene rings is 2. The van der Waals surface area contributed by atoms with Crippen LogP contribution >= 0.6 is 7.72 Å². The van der Waals surface area contributed by atoms with E-state index >= 15 is 0 Å². The summed E-state index contributed by atoms with van der Waals surface area (Å²) in [5.74, 6) is -1.91. The fourth-order valence-corrected chi connectivity index (χ4v) is 3.96. The number of aryl methyl sites for hydroxylation is 1. The smallest absolute Gasteiger partial charge is 0.311 e. The van der Waals surface area contributed by atoms with Crippen molar-refractivity contribution in [2.75, 3.05) is 12.3 Å². The van der Waals surface area contributed by atoms with Gasteiger partial charge in [0.2, 0.25) is 0 Å². The number of carbonyl (C=O) groups is 2. The summed E-state index contributed by atoms with van der Waals surface area (Å²) in [5, 5.41) is 8.58. The Hall–Kier alpha value is -2.07. The molecule has 6 heteroatoms. The molecule has 0 aromatic heterocycles. The molecule has 24 heavy (non-hydrogen) atoms. The lowest BCUT2D eigenvalue weighted by molar-refractivity contribution is -0.139. The van der Waals surface area contributed by atoms with Crippen molar-refractivity contribution in [2.24, 2.45) is 0 Å². The number of hydrogen-bond acceptors (Lipinski definition) is 4. The second kappa shape index (κ2) is 8.15. The maximum absolute atomic E-state index is 11.5. The monoisotopic (exact) mass is 347 g/mol. The van der Waals surface area contributed by atoms with Gasteiger partial charge >= 0.3 is 5.97 Å². The van der Waals surface area contributed by atoms with Crippen LogP contribution in [-0.2, 0) is 16.0 Å². The lowest BCUT2D eigenvalue weighted by atomic mass is 9.98. The number of rotatable bonds is 8. The molecule has 0 bridgehead atoms. The van der Waals surface area contributed by atoms with Crippen LogP contribution in [0, 0.1) is 0 Å². The highest BCUT2D eigenvalue weighted by molar-refractivity contribution is 7.65. The summed E-state index contributed by atoms with van der Waals surface area (Å²) < 4.78 is 0. The fourth-order valence-electron chi connectivity index (χ4n) is 2.52. The van der Waals surface area contributed by atoms with E-state index in [0.29, 0.717) is 6.42 Å². The molecule has 0 heterocycles. The van der Waals surface area contributed by atoms with Gasteiger partial charge < -0.3 is 5.11 Å². The maximum Gasteiger partial charge on any atom is 0.311 e. The average Bonchev–Trinajstić information content (AvgIpc) is 2.53. The van der Waals surface area contributed by atoms with Gasteiger partial charge in [0.1, 0.15) is 12.6 Å². The first-order valence-electron chi connectivity index (χ1n) is 7.57. The van der Waals surface area contributed by atoms with Crippen LogP contribution < -0.4 is 0 Å². The van der Waals surface area contributed by atoms with Gasteiger partial charge in [0.05, 0.1) is 0 Å². The standard InChI is InChI=1S/C18H19O5P/c19-16(12-18(20)21)13-24(22,23)11-10-15-8-4-5-9-17(15)14-6-2-1-3-7-14/h1-9,22-23H,10-13H2/p+1. The quantitative estimate of drug-likeness (QED) is 0.504. The van der Waals surface area contributed by atoms with Crippen molar-refractivity contribution >= 4 is 19.5 Å². The second-order valence-corrected chi connectivity index (χ2v) is 8.16. The lowest BCUT2D eigenvalue weighted by Gasteiger charge is -2.14. The Labute approximate surface area is 141 Å². The molecular weight excluding hydrogens is 327 g/mol. The minimum atomic E-state index is -3.44. The van der Waals surface area contributed by atoms with E-state index in [1.54, 1.807) is 0 Å².